The Bertz CT molecular complexity index is 768. The lowest BCUT2D eigenvalue weighted by Crippen LogP contribution is -2.16. The van der Waals surface area contributed by atoms with Crippen molar-refractivity contribution in [1.82, 2.24) is 10.2 Å². The van der Waals surface area contributed by atoms with Crippen LogP contribution in [0.4, 0.5) is 15.9 Å². The van der Waals surface area contributed by atoms with Crippen LogP contribution in [0.1, 0.15) is 16.8 Å². The number of rotatable bonds is 3. The number of aryl methyl sites for hydroxylation is 1. The number of H-pyrrole nitrogens is 1. The molecule has 0 saturated carbocycles. The maximum atomic E-state index is 13.6. The fourth-order valence-electron chi connectivity index (χ4n) is 1.72. The minimum atomic E-state index is -3.95. The van der Waals surface area contributed by atoms with Crippen molar-refractivity contribution in [1.29, 1.82) is 0 Å². The molecule has 1 aromatic carbocycles. The van der Waals surface area contributed by atoms with Crippen LogP contribution >= 0.6 is 0 Å². The second-order valence-electron chi connectivity index (χ2n) is 4.55. The Morgan fingerprint density at radius 2 is 1.90 bits per heavy atom. The number of anilines is 2. The third-order valence-electron chi connectivity index (χ3n) is 3.09. The lowest BCUT2D eigenvalue weighted by Gasteiger charge is -2.10. The van der Waals surface area contributed by atoms with E-state index in [1.807, 2.05) is 0 Å². The molecule has 0 aliphatic carbocycles. The summed E-state index contributed by atoms with van der Waals surface area (Å²) >= 11 is 0. The molecule has 2 aromatic rings. The van der Waals surface area contributed by atoms with Gasteiger partial charge in [0.05, 0.1) is 4.90 Å². The van der Waals surface area contributed by atoms with Crippen LogP contribution in [0.2, 0.25) is 0 Å². The molecule has 6 nitrogen and oxygen atoms in total. The standard InChI is InChI=1S/C12H15FN4O2S/c1-6-8(3)15-16-12(6)17-20(18,19)11-5-9(14)4-10(13)7(11)2/h4-5H,14H2,1-3H3,(H2,15,16,17). The fraction of sp³-hybridized carbons (Fsp3) is 0.250. The number of nitrogens with zero attached hydrogens (tertiary/aromatic N) is 1. The first-order valence-corrected chi connectivity index (χ1v) is 7.30. The number of halogens is 1. The molecular weight excluding hydrogens is 283 g/mol. The highest BCUT2D eigenvalue weighted by Gasteiger charge is 2.22. The van der Waals surface area contributed by atoms with Gasteiger partial charge < -0.3 is 5.73 Å². The van der Waals surface area contributed by atoms with Gasteiger partial charge in [-0.3, -0.25) is 9.82 Å². The lowest BCUT2D eigenvalue weighted by molar-refractivity contribution is 0.591. The summed E-state index contributed by atoms with van der Waals surface area (Å²) in [6.45, 7) is 4.88. The normalized spacial score (nSPS) is 11.6. The number of nitrogen functional groups attached to an aromatic ring is 1. The van der Waals surface area contributed by atoms with Crippen LogP contribution in [0.3, 0.4) is 0 Å². The van der Waals surface area contributed by atoms with E-state index in [4.69, 9.17) is 5.73 Å². The van der Waals surface area contributed by atoms with Crippen molar-refractivity contribution in [3.63, 3.8) is 0 Å². The maximum Gasteiger partial charge on any atom is 0.263 e. The van der Waals surface area contributed by atoms with Gasteiger partial charge in [0.1, 0.15) is 5.82 Å². The van der Waals surface area contributed by atoms with Crippen molar-refractivity contribution in [2.24, 2.45) is 0 Å². The minimum Gasteiger partial charge on any atom is -0.399 e. The lowest BCUT2D eigenvalue weighted by atomic mass is 10.2. The Kier molecular flexibility index (Phi) is 3.43. The van der Waals surface area contributed by atoms with Crippen molar-refractivity contribution in [3.8, 4) is 0 Å². The molecule has 1 heterocycles. The van der Waals surface area contributed by atoms with Gasteiger partial charge in [-0.05, 0) is 32.9 Å². The van der Waals surface area contributed by atoms with E-state index in [0.717, 1.165) is 11.8 Å². The zero-order valence-electron chi connectivity index (χ0n) is 11.3. The Morgan fingerprint density at radius 1 is 1.25 bits per heavy atom. The van der Waals surface area contributed by atoms with Crippen LogP contribution < -0.4 is 10.5 Å². The van der Waals surface area contributed by atoms with Gasteiger partial charge in [0.15, 0.2) is 5.82 Å². The first-order valence-electron chi connectivity index (χ1n) is 5.82. The second kappa shape index (κ2) is 4.78. The minimum absolute atomic E-state index is 0.0108. The van der Waals surface area contributed by atoms with Crippen molar-refractivity contribution in [2.75, 3.05) is 10.5 Å². The van der Waals surface area contributed by atoms with E-state index in [-0.39, 0.29) is 22.0 Å². The third-order valence-corrected chi connectivity index (χ3v) is 4.56. The molecule has 0 aliphatic heterocycles. The molecule has 108 valence electrons. The summed E-state index contributed by atoms with van der Waals surface area (Å²) in [6, 6.07) is 2.30. The maximum absolute atomic E-state index is 13.6. The highest BCUT2D eigenvalue weighted by Crippen LogP contribution is 2.25. The topological polar surface area (TPSA) is 101 Å². The van der Waals surface area contributed by atoms with Gasteiger partial charge in [-0.15, -0.1) is 0 Å². The summed E-state index contributed by atoms with van der Waals surface area (Å²) in [6.07, 6.45) is 0. The van der Waals surface area contributed by atoms with Crippen molar-refractivity contribution in [2.45, 2.75) is 25.7 Å². The molecule has 1 aromatic heterocycles. The molecule has 0 unspecified atom stereocenters. The highest BCUT2D eigenvalue weighted by atomic mass is 32.2. The van der Waals surface area contributed by atoms with Gasteiger partial charge in [-0.25, -0.2) is 12.8 Å². The summed E-state index contributed by atoms with van der Waals surface area (Å²) in [5.41, 5.74) is 6.98. The molecule has 0 fully saturated rings. The second-order valence-corrected chi connectivity index (χ2v) is 6.20. The van der Waals surface area contributed by atoms with Crippen LogP contribution in [-0.4, -0.2) is 18.6 Å². The van der Waals surface area contributed by atoms with E-state index < -0.39 is 15.8 Å². The molecule has 0 aliphatic rings. The van der Waals surface area contributed by atoms with E-state index in [1.54, 1.807) is 13.8 Å². The summed E-state index contributed by atoms with van der Waals surface area (Å²) in [5.74, 6) is -0.481. The van der Waals surface area contributed by atoms with E-state index in [1.165, 1.54) is 13.0 Å². The average molecular weight is 298 g/mol. The molecule has 0 amide bonds. The largest absolute Gasteiger partial charge is 0.399 e. The molecule has 0 radical (unpaired) electrons. The van der Waals surface area contributed by atoms with E-state index in [9.17, 15) is 12.8 Å². The monoisotopic (exact) mass is 298 g/mol. The van der Waals surface area contributed by atoms with E-state index >= 15 is 0 Å². The first kappa shape index (κ1) is 14.3. The number of nitrogens with two attached hydrogens (primary N) is 1. The van der Waals surface area contributed by atoms with Crippen molar-refractivity contribution < 1.29 is 12.8 Å². The summed E-state index contributed by atoms with van der Waals surface area (Å²) in [5, 5.41) is 6.53. The number of hydrogen-bond donors (Lipinski definition) is 3. The first-order chi connectivity index (χ1) is 9.22. The SMILES string of the molecule is Cc1[nH]nc(NS(=O)(=O)c2cc(N)cc(F)c2C)c1C. The number of hydrogen-bond acceptors (Lipinski definition) is 4. The zero-order chi connectivity index (χ0) is 15.1. The quantitative estimate of drug-likeness (QED) is 0.753. The Morgan fingerprint density at radius 3 is 2.45 bits per heavy atom. The highest BCUT2D eigenvalue weighted by molar-refractivity contribution is 7.92. The molecule has 2 rings (SSSR count). The zero-order valence-corrected chi connectivity index (χ0v) is 12.1. The van der Waals surface area contributed by atoms with Crippen LogP contribution in [0, 0.1) is 26.6 Å². The smallest absolute Gasteiger partial charge is 0.263 e. The molecule has 0 atom stereocenters. The van der Waals surface area contributed by atoms with Gasteiger partial charge >= 0.3 is 0 Å². The summed E-state index contributed by atoms with van der Waals surface area (Å²) in [4.78, 5) is -0.199. The number of sulfonamides is 1. The van der Waals surface area contributed by atoms with Gasteiger partial charge in [0.2, 0.25) is 0 Å². The van der Waals surface area contributed by atoms with Gasteiger partial charge in [-0.2, -0.15) is 5.10 Å². The number of aromatic nitrogens is 2. The molecule has 0 spiro atoms. The molecule has 0 bridgehead atoms. The van der Waals surface area contributed by atoms with Gasteiger partial charge in [0.25, 0.3) is 10.0 Å². The summed E-state index contributed by atoms with van der Waals surface area (Å²) < 4.78 is 40.5. The fourth-order valence-corrected chi connectivity index (χ4v) is 3.07. The Hall–Kier alpha value is -2.09. The summed E-state index contributed by atoms with van der Waals surface area (Å²) in [7, 11) is -3.95. The molecule has 0 saturated heterocycles. The van der Waals surface area contributed by atoms with Crippen molar-refractivity contribution in [3.05, 3.63) is 34.8 Å². The van der Waals surface area contributed by atoms with Crippen LogP contribution in [-0.2, 0) is 10.0 Å². The predicted molar refractivity (Wildman–Crippen MR) is 74.4 cm³/mol. The number of nitrogens with one attached hydrogen (secondary N) is 2. The number of aromatic amines is 1. The van der Waals surface area contributed by atoms with Crippen LogP contribution in [0.5, 0.6) is 0 Å². The van der Waals surface area contributed by atoms with E-state index in [2.05, 4.69) is 14.9 Å². The van der Waals surface area contributed by atoms with Crippen molar-refractivity contribution >= 4 is 21.5 Å². The average Bonchev–Trinajstić information content (AvgIpc) is 2.65. The number of benzene rings is 1. The molecular formula is C12H15FN4O2S. The molecule has 20 heavy (non-hydrogen) atoms. The predicted octanol–water partition coefficient (Wildman–Crippen LogP) is 1.86. The Balaban J connectivity index is 2.49. The van der Waals surface area contributed by atoms with Crippen LogP contribution in [0.25, 0.3) is 0 Å². The van der Waals surface area contributed by atoms with Gasteiger partial charge in [0, 0.05) is 22.5 Å². The third kappa shape index (κ3) is 2.46. The molecule has 8 heteroatoms. The molecule has 4 N–H and O–H groups in total. The van der Waals surface area contributed by atoms with Crippen LogP contribution in [0.15, 0.2) is 17.0 Å². The van der Waals surface area contributed by atoms with Gasteiger partial charge in [-0.1, -0.05) is 0 Å². The van der Waals surface area contributed by atoms with E-state index in [0.29, 0.717) is 5.56 Å². The Labute approximate surface area is 116 Å².